The van der Waals surface area contributed by atoms with Crippen molar-refractivity contribution in [3.05, 3.63) is 59.4 Å². The number of para-hydroxylation sites is 1. The van der Waals surface area contributed by atoms with E-state index in [2.05, 4.69) is 5.32 Å². The van der Waals surface area contributed by atoms with Crippen molar-refractivity contribution >= 4 is 17.7 Å². The topological polar surface area (TPSA) is 38.3 Å². The quantitative estimate of drug-likeness (QED) is 0.886. The van der Waals surface area contributed by atoms with Gasteiger partial charge in [0, 0.05) is 17.1 Å². The van der Waals surface area contributed by atoms with Gasteiger partial charge in [-0.1, -0.05) is 18.2 Å². The highest BCUT2D eigenvalue weighted by Crippen LogP contribution is 2.36. The number of fused-ring (bicyclic) bond motifs is 1. The minimum absolute atomic E-state index is 0.0204. The monoisotopic (exact) mass is 345 g/mol. The van der Waals surface area contributed by atoms with Gasteiger partial charge in [0.05, 0.1) is 13.2 Å². The number of carbonyl (C=O) groups is 1. The van der Waals surface area contributed by atoms with E-state index >= 15 is 0 Å². The molecule has 1 heterocycles. The van der Waals surface area contributed by atoms with Gasteiger partial charge >= 0.3 is 0 Å². The minimum atomic E-state index is -0.260. The summed E-state index contributed by atoms with van der Waals surface area (Å²) in [6, 6.07) is 12.4. The lowest BCUT2D eigenvalue weighted by Gasteiger charge is -2.26. The summed E-state index contributed by atoms with van der Waals surface area (Å²) < 4.78 is 18.8. The number of aryl methyl sites for hydroxylation is 1. The van der Waals surface area contributed by atoms with E-state index in [-0.39, 0.29) is 17.8 Å². The molecule has 0 aromatic heterocycles. The van der Waals surface area contributed by atoms with Gasteiger partial charge in [0.1, 0.15) is 11.6 Å². The first-order valence-electron chi connectivity index (χ1n) is 8.01. The second kappa shape index (κ2) is 7.71. The van der Waals surface area contributed by atoms with Crippen LogP contribution in [0.4, 0.5) is 4.39 Å². The summed E-state index contributed by atoms with van der Waals surface area (Å²) in [6.45, 7) is 0. The molecular weight excluding hydrogens is 325 g/mol. The Morgan fingerprint density at radius 3 is 3.00 bits per heavy atom. The number of thioether (sulfide) groups is 1. The van der Waals surface area contributed by atoms with E-state index < -0.39 is 0 Å². The summed E-state index contributed by atoms with van der Waals surface area (Å²) in [5.41, 5.74) is 1.90. The average molecular weight is 345 g/mol. The van der Waals surface area contributed by atoms with E-state index in [0.29, 0.717) is 12.8 Å². The van der Waals surface area contributed by atoms with Gasteiger partial charge in [-0.3, -0.25) is 4.79 Å². The Morgan fingerprint density at radius 1 is 1.33 bits per heavy atom. The number of methoxy groups -OCH3 is 1. The summed E-state index contributed by atoms with van der Waals surface area (Å²) in [5.74, 6) is 1.44. The van der Waals surface area contributed by atoms with Gasteiger partial charge in [-0.05, 0) is 48.2 Å². The molecule has 2 aromatic carbocycles. The van der Waals surface area contributed by atoms with E-state index in [9.17, 15) is 9.18 Å². The van der Waals surface area contributed by atoms with Gasteiger partial charge < -0.3 is 10.1 Å². The third-order valence-corrected chi connectivity index (χ3v) is 5.28. The largest absolute Gasteiger partial charge is 0.496 e. The maximum absolute atomic E-state index is 13.5. The Labute approximate surface area is 145 Å². The number of nitrogens with one attached hydrogen (secondary N) is 1. The molecule has 1 amide bonds. The zero-order valence-corrected chi connectivity index (χ0v) is 14.4. The van der Waals surface area contributed by atoms with Crippen LogP contribution in [0.25, 0.3) is 0 Å². The Balaban J connectivity index is 1.63. The van der Waals surface area contributed by atoms with Crippen LogP contribution in [0.15, 0.2) is 47.4 Å². The Bertz CT molecular complexity index is 735. The molecule has 0 radical (unpaired) electrons. The van der Waals surface area contributed by atoms with E-state index in [0.717, 1.165) is 33.9 Å². The molecule has 0 saturated carbocycles. The molecule has 3 rings (SSSR count). The van der Waals surface area contributed by atoms with Crippen LogP contribution in [0.3, 0.4) is 0 Å². The van der Waals surface area contributed by atoms with E-state index in [4.69, 9.17) is 4.74 Å². The SMILES string of the molecule is COc1ccccc1CCC(=O)NC1CCSc2ccc(F)cc21. The second-order valence-corrected chi connectivity index (χ2v) is 6.89. The third kappa shape index (κ3) is 3.90. The Kier molecular flexibility index (Phi) is 5.41. The van der Waals surface area contributed by atoms with Crippen molar-refractivity contribution in [2.75, 3.05) is 12.9 Å². The number of rotatable bonds is 5. The fraction of sp³-hybridized carbons (Fsp3) is 0.316. The molecule has 3 nitrogen and oxygen atoms in total. The maximum Gasteiger partial charge on any atom is 0.220 e. The number of hydrogen-bond donors (Lipinski definition) is 1. The molecular formula is C19H20FNO2S. The number of amides is 1. The molecule has 0 saturated heterocycles. The number of benzene rings is 2. The summed E-state index contributed by atoms with van der Waals surface area (Å²) in [4.78, 5) is 13.4. The lowest BCUT2D eigenvalue weighted by Crippen LogP contribution is -2.30. The molecule has 0 aliphatic carbocycles. The molecule has 1 aliphatic rings. The van der Waals surface area contributed by atoms with Crippen LogP contribution < -0.4 is 10.1 Å². The highest BCUT2D eigenvalue weighted by molar-refractivity contribution is 7.99. The van der Waals surface area contributed by atoms with Crippen molar-refractivity contribution in [2.45, 2.75) is 30.2 Å². The maximum atomic E-state index is 13.5. The standard InChI is InChI=1S/C19H20FNO2S/c1-23-17-5-3-2-4-13(17)6-9-19(22)21-16-10-11-24-18-8-7-14(20)12-15(16)18/h2-5,7-8,12,16H,6,9-11H2,1H3,(H,21,22). The molecule has 0 fully saturated rings. The van der Waals surface area contributed by atoms with Gasteiger partial charge in [0.25, 0.3) is 0 Å². The number of ether oxygens (including phenoxy) is 1. The second-order valence-electron chi connectivity index (χ2n) is 5.75. The molecule has 126 valence electrons. The fourth-order valence-electron chi connectivity index (χ4n) is 2.94. The van der Waals surface area contributed by atoms with E-state index in [1.54, 1.807) is 24.9 Å². The van der Waals surface area contributed by atoms with E-state index in [1.807, 2.05) is 24.3 Å². The minimum Gasteiger partial charge on any atom is -0.496 e. The van der Waals surface area contributed by atoms with Crippen molar-refractivity contribution in [2.24, 2.45) is 0 Å². The summed E-state index contributed by atoms with van der Waals surface area (Å²) in [6.07, 6.45) is 1.82. The molecule has 1 atom stereocenters. The highest BCUT2D eigenvalue weighted by Gasteiger charge is 2.22. The molecule has 2 aromatic rings. The summed E-state index contributed by atoms with van der Waals surface area (Å²) >= 11 is 1.71. The lowest BCUT2D eigenvalue weighted by molar-refractivity contribution is -0.121. The highest BCUT2D eigenvalue weighted by atomic mass is 32.2. The van der Waals surface area contributed by atoms with Crippen LogP contribution in [-0.4, -0.2) is 18.8 Å². The van der Waals surface area contributed by atoms with Crippen molar-refractivity contribution in [1.82, 2.24) is 5.32 Å². The van der Waals surface area contributed by atoms with Gasteiger partial charge in [-0.2, -0.15) is 0 Å². The molecule has 24 heavy (non-hydrogen) atoms. The molecule has 0 bridgehead atoms. The summed E-state index contributed by atoms with van der Waals surface area (Å²) in [5, 5.41) is 3.05. The smallest absolute Gasteiger partial charge is 0.220 e. The fourth-order valence-corrected chi connectivity index (χ4v) is 4.05. The number of hydrogen-bond acceptors (Lipinski definition) is 3. The lowest BCUT2D eigenvalue weighted by atomic mass is 10.0. The summed E-state index contributed by atoms with van der Waals surface area (Å²) in [7, 11) is 1.63. The zero-order chi connectivity index (χ0) is 16.9. The van der Waals surface area contributed by atoms with Crippen molar-refractivity contribution < 1.29 is 13.9 Å². The molecule has 1 unspecified atom stereocenters. The van der Waals surface area contributed by atoms with Crippen LogP contribution in [-0.2, 0) is 11.2 Å². The van der Waals surface area contributed by atoms with Gasteiger partial charge in [-0.15, -0.1) is 11.8 Å². The van der Waals surface area contributed by atoms with Crippen LogP contribution in [0.2, 0.25) is 0 Å². The number of carbonyl (C=O) groups excluding carboxylic acids is 1. The molecule has 5 heteroatoms. The van der Waals surface area contributed by atoms with Crippen molar-refractivity contribution in [1.29, 1.82) is 0 Å². The molecule has 1 aliphatic heterocycles. The van der Waals surface area contributed by atoms with Gasteiger partial charge in [-0.25, -0.2) is 4.39 Å². The van der Waals surface area contributed by atoms with Crippen LogP contribution >= 0.6 is 11.8 Å². The molecule has 1 N–H and O–H groups in total. The third-order valence-electron chi connectivity index (χ3n) is 4.16. The number of halogens is 1. The Morgan fingerprint density at radius 2 is 2.17 bits per heavy atom. The van der Waals surface area contributed by atoms with Crippen LogP contribution in [0, 0.1) is 5.82 Å². The Hall–Kier alpha value is -2.01. The zero-order valence-electron chi connectivity index (χ0n) is 13.5. The normalized spacial score (nSPS) is 16.3. The van der Waals surface area contributed by atoms with Crippen molar-refractivity contribution in [3.63, 3.8) is 0 Å². The first kappa shape index (κ1) is 16.8. The van der Waals surface area contributed by atoms with Crippen LogP contribution in [0.5, 0.6) is 5.75 Å². The molecule has 0 spiro atoms. The predicted octanol–water partition coefficient (Wildman–Crippen LogP) is 4.12. The van der Waals surface area contributed by atoms with Crippen molar-refractivity contribution in [3.8, 4) is 5.75 Å². The van der Waals surface area contributed by atoms with Gasteiger partial charge in [0.2, 0.25) is 5.91 Å². The predicted molar refractivity (Wildman–Crippen MR) is 93.9 cm³/mol. The first-order chi connectivity index (χ1) is 11.7. The van der Waals surface area contributed by atoms with Crippen LogP contribution in [0.1, 0.15) is 30.0 Å². The van der Waals surface area contributed by atoms with Gasteiger partial charge in [0.15, 0.2) is 0 Å². The van der Waals surface area contributed by atoms with E-state index in [1.165, 1.54) is 12.1 Å². The first-order valence-corrected chi connectivity index (χ1v) is 8.99. The average Bonchev–Trinajstić information content (AvgIpc) is 2.60.